The molecule has 2 aromatic rings. The standard InChI is InChI=1S/C17H22N4O4S/c1-2-9-24-15-6-4-3-5-12(15)16-19-20-17(25-16)21-8-7-18-13-10-26(22,23)11-14(13)21/h3-6,13-14,18H,2,7-11H2,1H3/t13-,14+/m0/s1. The molecule has 0 unspecified atom stereocenters. The monoisotopic (exact) mass is 378 g/mol. The van der Waals surface area contributed by atoms with Gasteiger partial charge in [-0.25, -0.2) is 8.42 Å². The third-order valence-electron chi connectivity index (χ3n) is 4.72. The lowest BCUT2D eigenvalue weighted by Gasteiger charge is -2.35. The van der Waals surface area contributed by atoms with Crippen molar-refractivity contribution in [2.45, 2.75) is 25.4 Å². The van der Waals surface area contributed by atoms with Gasteiger partial charge in [0.05, 0.1) is 29.7 Å². The van der Waals surface area contributed by atoms with E-state index in [9.17, 15) is 8.42 Å². The van der Waals surface area contributed by atoms with Gasteiger partial charge in [-0.2, -0.15) is 0 Å². The van der Waals surface area contributed by atoms with Crippen molar-refractivity contribution in [3.63, 3.8) is 0 Å². The van der Waals surface area contributed by atoms with E-state index in [4.69, 9.17) is 9.15 Å². The molecule has 0 aliphatic carbocycles. The second-order valence-corrected chi connectivity index (χ2v) is 8.79. The Balaban J connectivity index is 1.61. The Kier molecular flexibility index (Phi) is 4.58. The number of ether oxygens (including phenoxy) is 1. The summed E-state index contributed by atoms with van der Waals surface area (Å²) in [7, 11) is -3.05. The van der Waals surface area contributed by atoms with Gasteiger partial charge < -0.3 is 19.4 Å². The molecule has 2 atom stereocenters. The van der Waals surface area contributed by atoms with Crippen molar-refractivity contribution in [2.24, 2.45) is 0 Å². The summed E-state index contributed by atoms with van der Waals surface area (Å²) in [4.78, 5) is 1.91. The van der Waals surface area contributed by atoms with Crippen molar-refractivity contribution in [3.8, 4) is 17.2 Å². The van der Waals surface area contributed by atoms with E-state index in [-0.39, 0.29) is 23.6 Å². The van der Waals surface area contributed by atoms with E-state index < -0.39 is 9.84 Å². The topological polar surface area (TPSA) is 97.6 Å². The van der Waals surface area contributed by atoms with Crippen molar-refractivity contribution in [3.05, 3.63) is 24.3 Å². The van der Waals surface area contributed by atoms with E-state index in [1.165, 1.54) is 0 Å². The number of para-hydroxylation sites is 1. The zero-order valence-electron chi connectivity index (χ0n) is 14.6. The fraction of sp³-hybridized carbons (Fsp3) is 0.529. The van der Waals surface area contributed by atoms with Crippen LogP contribution in [0.15, 0.2) is 28.7 Å². The van der Waals surface area contributed by atoms with Gasteiger partial charge in [-0.15, -0.1) is 5.10 Å². The maximum atomic E-state index is 12.0. The highest BCUT2D eigenvalue weighted by Gasteiger charge is 2.44. The average Bonchev–Trinajstić information content (AvgIpc) is 3.22. The fourth-order valence-corrected chi connectivity index (χ4v) is 5.48. The van der Waals surface area contributed by atoms with E-state index in [2.05, 4.69) is 15.5 Å². The molecule has 2 aliphatic heterocycles. The number of sulfone groups is 1. The molecule has 8 nitrogen and oxygen atoms in total. The van der Waals surface area contributed by atoms with Crippen LogP contribution in [0, 0.1) is 0 Å². The summed E-state index contributed by atoms with van der Waals surface area (Å²) in [6, 6.07) is 7.64. The molecule has 1 N–H and O–H groups in total. The molecule has 4 rings (SSSR count). The molecule has 2 aliphatic rings. The molecule has 26 heavy (non-hydrogen) atoms. The minimum Gasteiger partial charge on any atom is -0.493 e. The summed E-state index contributed by atoms with van der Waals surface area (Å²) in [5.41, 5.74) is 0.741. The molecule has 140 valence electrons. The zero-order chi connectivity index (χ0) is 18.1. The van der Waals surface area contributed by atoms with Crippen LogP contribution in [0.2, 0.25) is 0 Å². The number of piperazine rings is 1. The molecule has 0 bridgehead atoms. The highest BCUT2D eigenvalue weighted by molar-refractivity contribution is 7.91. The van der Waals surface area contributed by atoms with Gasteiger partial charge in [0.1, 0.15) is 5.75 Å². The van der Waals surface area contributed by atoms with Gasteiger partial charge in [-0.3, -0.25) is 0 Å². The molecule has 0 spiro atoms. The van der Waals surface area contributed by atoms with Gasteiger partial charge in [0, 0.05) is 19.1 Å². The van der Waals surface area contributed by atoms with Crippen molar-refractivity contribution in [2.75, 3.05) is 36.1 Å². The summed E-state index contributed by atoms with van der Waals surface area (Å²) in [5.74, 6) is 1.34. The molecule has 0 saturated carbocycles. The highest BCUT2D eigenvalue weighted by Crippen LogP contribution is 2.32. The van der Waals surface area contributed by atoms with Gasteiger partial charge >= 0.3 is 6.01 Å². The molecular weight excluding hydrogens is 356 g/mol. The first-order valence-corrected chi connectivity index (χ1v) is 10.7. The number of fused-ring (bicyclic) bond motifs is 1. The minimum atomic E-state index is -3.05. The van der Waals surface area contributed by atoms with Crippen LogP contribution >= 0.6 is 0 Å². The molecular formula is C17H22N4O4S. The van der Waals surface area contributed by atoms with Crippen molar-refractivity contribution < 1.29 is 17.6 Å². The number of hydrogen-bond donors (Lipinski definition) is 1. The second-order valence-electron chi connectivity index (χ2n) is 6.63. The highest BCUT2D eigenvalue weighted by atomic mass is 32.2. The molecule has 2 fully saturated rings. The van der Waals surface area contributed by atoms with Gasteiger partial charge in [-0.05, 0) is 18.6 Å². The number of nitrogens with one attached hydrogen (secondary N) is 1. The zero-order valence-corrected chi connectivity index (χ0v) is 15.4. The lowest BCUT2D eigenvalue weighted by molar-refractivity contribution is 0.317. The first-order valence-electron chi connectivity index (χ1n) is 8.83. The second kappa shape index (κ2) is 6.88. The molecule has 1 aromatic heterocycles. The molecule has 1 aromatic carbocycles. The van der Waals surface area contributed by atoms with Crippen LogP contribution in [0.5, 0.6) is 5.75 Å². The van der Waals surface area contributed by atoms with Crippen LogP contribution in [-0.2, 0) is 9.84 Å². The minimum absolute atomic E-state index is 0.0933. The van der Waals surface area contributed by atoms with Gasteiger partial charge in [0.15, 0.2) is 9.84 Å². The molecule has 9 heteroatoms. The van der Waals surface area contributed by atoms with Crippen molar-refractivity contribution >= 4 is 15.9 Å². The van der Waals surface area contributed by atoms with Crippen LogP contribution in [0.3, 0.4) is 0 Å². The number of hydrogen-bond acceptors (Lipinski definition) is 8. The number of anilines is 1. The Morgan fingerprint density at radius 2 is 2.15 bits per heavy atom. The van der Waals surface area contributed by atoms with Crippen LogP contribution in [0.25, 0.3) is 11.5 Å². The van der Waals surface area contributed by atoms with Crippen molar-refractivity contribution in [1.29, 1.82) is 0 Å². The smallest absolute Gasteiger partial charge is 0.318 e. The van der Waals surface area contributed by atoms with E-state index in [0.29, 0.717) is 37.4 Å². The van der Waals surface area contributed by atoms with Crippen LogP contribution < -0.4 is 15.0 Å². The number of benzene rings is 1. The van der Waals surface area contributed by atoms with Gasteiger partial charge in [0.2, 0.25) is 0 Å². The molecule has 3 heterocycles. The Labute approximate surface area is 152 Å². The Morgan fingerprint density at radius 1 is 1.31 bits per heavy atom. The predicted molar refractivity (Wildman–Crippen MR) is 97.1 cm³/mol. The molecule has 0 amide bonds. The number of rotatable bonds is 5. The lowest BCUT2D eigenvalue weighted by atomic mass is 10.1. The summed E-state index contributed by atoms with van der Waals surface area (Å²) < 4.78 is 35.7. The van der Waals surface area contributed by atoms with E-state index in [1.54, 1.807) is 0 Å². The molecule has 2 saturated heterocycles. The summed E-state index contributed by atoms with van der Waals surface area (Å²) in [6.07, 6.45) is 0.905. The normalized spacial score (nSPS) is 24.4. The summed E-state index contributed by atoms with van der Waals surface area (Å²) in [5, 5.41) is 11.6. The van der Waals surface area contributed by atoms with E-state index >= 15 is 0 Å². The first-order chi connectivity index (χ1) is 12.6. The Bertz CT molecular complexity index is 882. The maximum Gasteiger partial charge on any atom is 0.318 e. The third kappa shape index (κ3) is 3.28. The predicted octanol–water partition coefficient (Wildman–Crippen LogP) is 1.10. The quantitative estimate of drug-likeness (QED) is 0.826. The Morgan fingerprint density at radius 3 is 3.00 bits per heavy atom. The van der Waals surface area contributed by atoms with Crippen LogP contribution in [0.4, 0.5) is 6.01 Å². The molecule has 0 radical (unpaired) electrons. The van der Waals surface area contributed by atoms with Gasteiger partial charge in [-0.1, -0.05) is 24.2 Å². The van der Waals surface area contributed by atoms with Gasteiger partial charge in [0.25, 0.3) is 5.89 Å². The SMILES string of the molecule is CCCOc1ccccc1-c1nnc(N2CCN[C@H]3CS(=O)(=O)C[C@H]32)o1. The van der Waals surface area contributed by atoms with E-state index in [0.717, 1.165) is 12.0 Å². The summed E-state index contributed by atoms with van der Waals surface area (Å²) in [6.45, 7) is 3.97. The third-order valence-corrected chi connectivity index (χ3v) is 6.44. The van der Waals surface area contributed by atoms with E-state index in [1.807, 2.05) is 36.1 Å². The number of aromatic nitrogens is 2. The fourth-order valence-electron chi connectivity index (χ4n) is 3.53. The van der Waals surface area contributed by atoms with Crippen molar-refractivity contribution in [1.82, 2.24) is 15.5 Å². The largest absolute Gasteiger partial charge is 0.493 e. The van der Waals surface area contributed by atoms with Crippen LogP contribution in [-0.4, -0.2) is 61.9 Å². The number of nitrogens with zero attached hydrogens (tertiary/aromatic N) is 3. The van der Waals surface area contributed by atoms with Crippen LogP contribution in [0.1, 0.15) is 13.3 Å². The lowest BCUT2D eigenvalue weighted by Crippen LogP contribution is -2.57. The summed E-state index contributed by atoms with van der Waals surface area (Å²) >= 11 is 0. The average molecular weight is 378 g/mol. The first kappa shape index (κ1) is 17.3. The maximum absolute atomic E-state index is 12.0. The Hall–Kier alpha value is -2.13.